The van der Waals surface area contributed by atoms with Crippen LogP contribution < -0.4 is 9.47 Å². The molecule has 0 unspecified atom stereocenters. The Balaban J connectivity index is 1.71. The van der Waals surface area contributed by atoms with Gasteiger partial charge >= 0.3 is 0 Å². The molecule has 5 aromatic carbocycles. The highest BCUT2D eigenvalue weighted by Crippen LogP contribution is 2.54. The molecule has 31 heavy (non-hydrogen) atoms. The van der Waals surface area contributed by atoms with E-state index in [9.17, 15) is 5.11 Å². The Hall–Kier alpha value is -3.98. The van der Waals surface area contributed by atoms with Gasteiger partial charge in [0.05, 0.1) is 5.39 Å². The third-order valence-corrected chi connectivity index (χ3v) is 5.94. The van der Waals surface area contributed by atoms with Crippen LogP contribution in [-0.4, -0.2) is 5.11 Å². The molecule has 0 aromatic heterocycles. The lowest BCUT2D eigenvalue weighted by Crippen LogP contribution is -1.99. The van der Waals surface area contributed by atoms with Crippen molar-refractivity contribution in [3.8, 4) is 39.9 Å². The fraction of sp³-hybridized carbons (Fsp3) is 0.0714. The first-order chi connectivity index (χ1) is 15.1. The molecular formula is C28H20O3. The lowest BCUT2D eigenvalue weighted by Gasteiger charge is -2.24. The molecule has 0 amide bonds. The highest BCUT2D eigenvalue weighted by Gasteiger charge is 2.26. The summed E-state index contributed by atoms with van der Waals surface area (Å²) < 4.78 is 12.4. The first-order valence-electron chi connectivity index (χ1n) is 10.3. The zero-order chi connectivity index (χ0) is 21.1. The van der Waals surface area contributed by atoms with E-state index in [4.69, 9.17) is 9.47 Å². The Kier molecular flexibility index (Phi) is 3.75. The zero-order valence-corrected chi connectivity index (χ0v) is 17.3. The van der Waals surface area contributed by atoms with E-state index in [1.54, 1.807) is 0 Å². The maximum absolute atomic E-state index is 11.3. The number of benzene rings is 5. The van der Waals surface area contributed by atoms with Gasteiger partial charge in [-0.3, -0.25) is 0 Å². The predicted molar refractivity (Wildman–Crippen MR) is 125 cm³/mol. The number of fused-ring (bicyclic) bond motifs is 4. The van der Waals surface area contributed by atoms with Crippen molar-refractivity contribution in [3.63, 3.8) is 0 Å². The number of aromatic hydroxyl groups is 1. The number of hydrogen-bond acceptors (Lipinski definition) is 3. The zero-order valence-electron chi connectivity index (χ0n) is 17.3. The van der Waals surface area contributed by atoms with Crippen LogP contribution in [0, 0.1) is 13.8 Å². The normalized spacial score (nSPS) is 11.9. The van der Waals surface area contributed by atoms with Crippen LogP contribution in [0.3, 0.4) is 0 Å². The van der Waals surface area contributed by atoms with Gasteiger partial charge in [0.25, 0.3) is 0 Å². The quantitative estimate of drug-likeness (QED) is 0.298. The molecule has 3 heteroatoms. The summed E-state index contributed by atoms with van der Waals surface area (Å²) in [6.07, 6.45) is 0. The molecule has 0 spiro atoms. The first-order valence-corrected chi connectivity index (χ1v) is 10.3. The second-order valence-corrected chi connectivity index (χ2v) is 8.10. The summed E-state index contributed by atoms with van der Waals surface area (Å²) in [4.78, 5) is 0. The molecule has 0 radical (unpaired) electrons. The second kappa shape index (κ2) is 6.51. The van der Waals surface area contributed by atoms with Crippen LogP contribution in [0.4, 0.5) is 0 Å². The van der Waals surface area contributed by atoms with E-state index in [-0.39, 0.29) is 5.75 Å². The summed E-state index contributed by atoms with van der Waals surface area (Å²) >= 11 is 0. The highest BCUT2D eigenvalue weighted by molar-refractivity contribution is 6.21. The molecule has 0 saturated heterocycles. The molecule has 150 valence electrons. The summed E-state index contributed by atoms with van der Waals surface area (Å²) in [5.41, 5.74) is 4.42. The van der Waals surface area contributed by atoms with Crippen LogP contribution in [0.5, 0.6) is 28.7 Å². The number of phenolic OH excluding ortho intramolecular Hbond substituents is 1. The summed E-state index contributed by atoms with van der Waals surface area (Å²) in [6, 6.07) is 25.8. The van der Waals surface area contributed by atoms with Crippen LogP contribution >= 0.6 is 0 Å². The smallest absolute Gasteiger partial charge is 0.139 e. The third kappa shape index (κ3) is 2.67. The number of aryl methyl sites for hydroxylation is 2. The first kappa shape index (κ1) is 17.8. The Bertz CT molecular complexity index is 1500. The fourth-order valence-electron chi connectivity index (χ4n) is 4.47. The van der Waals surface area contributed by atoms with E-state index in [0.717, 1.165) is 50.1 Å². The van der Waals surface area contributed by atoms with Gasteiger partial charge in [0.2, 0.25) is 0 Å². The van der Waals surface area contributed by atoms with E-state index in [1.165, 1.54) is 5.56 Å². The van der Waals surface area contributed by atoms with E-state index < -0.39 is 0 Å². The van der Waals surface area contributed by atoms with Crippen molar-refractivity contribution in [1.29, 1.82) is 0 Å². The van der Waals surface area contributed by atoms with Crippen molar-refractivity contribution < 1.29 is 14.6 Å². The van der Waals surface area contributed by atoms with Crippen molar-refractivity contribution >= 4 is 21.5 Å². The van der Waals surface area contributed by atoms with Gasteiger partial charge in [0.15, 0.2) is 0 Å². The monoisotopic (exact) mass is 404 g/mol. The van der Waals surface area contributed by atoms with E-state index in [1.807, 2.05) is 73.7 Å². The Morgan fingerprint density at radius 2 is 1.45 bits per heavy atom. The van der Waals surface area contributed by atoms with Gasteiger partial charge in [-0.15, -0.1) is 0 Å². The van der Waals surface area contributed by atoms with Crippen molar-refractivity contribution in [2.24, 2.45) is 0 Å². The molecule has 3 nitrogen and oxygen atoms in total. The SMILES string of the molecule is Cc1ccc(Oc2cccc3c4c5c(cccc5c(O)c23)Oc2ccc(C)cc2-4)cc1. The van der Waals surface area contributed by atoms with Gasteiger partial charge in [-0.1, -0.05) is 53.6 Å². The fourth-order valence-corrected chi connectivity index (χ4v) is 4.47. The number of rotatable bonds is 2. The molecule has 1 aliphatic heterocycles. The Labute approximate surface area is 180 Å². The van der Waals surface area contributed by atoms with Gasteiger partial charge < -0.3 is 14.6 Å². The topological polar surface area (TPSA) is 38.7 Å². The van der Waals surface area contributed by atoms with Crippen molar-refractivity contribution in [1.82, 2.24) is 0 Å². The average Bonchev–Trinajstić information content (AvgIpc) is 2.78. The molecule has 0 bridgehead atoms. The van der Waals surface area contributed by atoms with E-state index in [0.29, 0.717) is 11.1 Å². The minimum Gasteiger partial charge on any atom is -0.507 e. The van der Waals surface area contributed by atoms with Crippen molar-refractivity contribution in [2.45, 2.75) is 13.8 Å². The molecule has 0 atom stereocenters. The second-order valence-electron chi connectivity index (χ2n) is 8.10. The predicted octanol–water partition coefficient (Wildman–Crippen LogP) is 7.88. The van der Waals surface area contributed by atoms with Gasteiger partial charge in [0, 0.05) is 21.9 Å². The molecular weight excluding hydrogens is 384 g/mol. The molecule has 1 heterocycles. The number of hydrogen-bond donors (Lipinski definition) is 1. The summed E-state index contributed by atoms with van der Waals surface area (Å²) in [7, 11) is 0. The van der Waals surface area contributed by atoms with E-state index in [2.05, 4.69) is 19.1 Å². The molecule has 1 aliphatic rings. The Morgan fingerprint density at radius 3 is 2.29 bits per heavy atom. The summed E-state index contributed by atoms with van der Waals surface area (Å²) in [5.74, 6) is 3.15. The number of ether oxygens (including phenoxy) is 2. The average molecular weight is 404 g/mol. The molecule has 0 fully saturated rings. The number of phenols is 1. The Morgan fingerprint density at radius 1 is 0.710 bits per heavy atom. The lowest BCUT2D eigenvalue weighted by molar-refractivity contribution is 0.470. The standard InChI is InChI=1S/C28H20O3/c1-16-9-12-18(13-10-16)30-24-8-3-5-19-25-21-15-17(2)11-14-22(21)31-23-7-4-6-20(26(23)25)28(29)27(19)24/h3-15,29H,1-2H3. The van der Waals surface area contributed by atoms with Gasteiger partial charge in [0.1, 0.15) is 28.7 Å². The minimum atomic E-state index is 0.206. The highest BCUT2D eigenvalue weighted by atomic mass is 16.5. The lowest BCUT2D eigenvalue weighted by atomic mass is 9.88. The van der Waals surface area contributed by atoms with Gasteiger partial charge in [-0.2, -0.15) is 0 Å². The van der Waals surface area contributed by atoms with Crippen molar-refractivity contribution in [3.05, 3.63) is 90.0 Å². The van der Waals surface area contributed by atoms with Crippen LogP contribution in [0.25, 0.3) is 32.7 Å². The third-order valence-electron chi connectivity index (χ3n) is 5.94. The maximum Gasteiger partial charge on any atom is 0.139 e. The summed E-state index contributed by atoms with van der Waals surface area (Å²) in [5, 5.41) is 14.7. The van der Waals surface area contributed by atoms with Crippen LogP contribution in [-0.2, 0) is 0 Å². The maximum atomic E-state index is 11.3. The molecule has 0 aliphatic carbocycles. The largest absolute Gasteiger partial charge is 0.507 e. The van der Waals surface area contributed by atoms with Crippen molar-refractivity contribution in [2.75, 3.05) is 0 Å². The molecule has 6 rings (SSSR count). The van der Waals surface area contributed by atoms with Crippen LogP contribution in [0.1, 0.15) is 11.1 Å². The van der Waals surface area contributed by atoms with Gasteiger partial charge in [-0.25, -0.2) is 0 Å². The van der Waals surface area contributed by atoms with E-state index >= 15 is 0 Å². The van der Waals surface area contributed by atoms with Crippen LogP contribution in [0.2, 0.25) is 0 Å². The summed E-state index contributed by atoms with van der Waals surface area (Å²) in [6.45, 7) is 4.12. The van der Waals surface area contributed by atoms with Gasteiger partial charge in [-0.05, 0) is 55.6 Å². The molecule has 0 saturated carbocycles. The minimum absolute atomic E-state index is 0.206. The molecule has 1 N–H and O–H groups in total. The van der Waals surface area contributed by atoms with Crippen LogP contribution in [0.15, 0.2) is 78.9 Å². The molecule has 5 aromatic rings.